The van der Waals surface area contributed by atoms with Crippen LogP contribution in [0.5, 0.6) is 0 Å². The van der Waals surface area contributed by atoms with Crippen molar-refractivity contribution in [3.63, 3.8) is 0 Å². The number of carbonyl (C=O) groups is 2. The van der Waals surface area contributed by atoms with Crippen molar-refractivity contribution in [1.82, 2.24) is 0 Å². The summed E-state index contributed by atoms with van der Waals surface area (Å²) < 4.78 is 19.8. The van der Waals surface area contributed by atoms with E-state index in [-0.39, 0.29) is 35.1 Å². The topological polar surface area (TPSA) is 82.1 Å². The maximum atomic E-state index is 12.7. The predicted octanol–water partition coefficient (Wildman–Crippen LogP) is 10.1. The van der Waals surface area contributed by atoms with Crippen LogP contribution in [0.25, 0.3) is 0 Å². The average Bonchev–Trinajstić information content (AvgIpc) is 3.12. The summed E-state index contributed by atoms with van der Waals surface area (Å²) in [5, 5.41) is 9.04. The number of rotatable bonds is 20. The number of esters is 1. The second-order valence-corrected chi connectivity index (χ2v) is 24.9. The molecule has 0 aromatic rings. The van der Waals surface area contributed by atoms with E-state index in [9.17, 15) is 9.59 Å². The summed E-state index contributed by atoms with van der Waals surface area (Å²) in [6.07, 6.45) is 13.0. The third kappa shape index (κ3) is 14.3. The van der Waals surface area contributed by atoms with Gasteiger partial charge in [0.15, 0.2) is 16.6 Å². The summed E-state index contributed by atoms with van der Waals surface area (Å²) in [6, 6.07) is 0. The lowest BCUT2D eigenvalue weighted by atomic mass is 9.94. The highest BCUT2D eigenvalue weighted by Crippen LogP contribution is 2.47. The smallest absolute Gasteiger partial charge is 0.310 e. The molecule has 244 valence electrons. The van der Waals surface area contributed by atoms with Crippen LogP contribution in [0.3, 0.4) is 0 Å². The first-order chi connectivity index (χ1) is 19.3. The third-order valence-electron chi connectivity index (χ3n) is 8.11. The van der Waals surface area contributed by atoms with Gasteiger partial charge >= 0.3 is 11.9 Å². The second-order valence-electron chi connectivity index (χ2n) is 14.6. The summed E-state index contributed by atoms with van der Waals surface area (Å²) >= 11 is 1.75. The van der Waals surface area contributed by atoms with E-state index in [4.69, 9.17) is 18.7 Å². The summed E-state index contributed by atoms with van der Waals surface area (Å²) in [6.45, 7) is 24.6. The van der Waals surface area contributed by atoms with E-state index in [1.165, 1.54) is 0 Å². The van der Waals surface area contributed by atoms with Crippen molar-refractivity contribution in [3.05, 3.63) is 22.8 Å². The van der Waals surface area contributed by atoms with Crippen molar-refractivity contribution in [2.45, 2.75) is 162 Å². The molecule has 42 heavy (non-hydrogen) atoms. The highest BCUT2D eigenvalue weighted by molar-refractivity contribution is 8.03. The van der Waals surface area contributed by atoms with Gasteiger partial charge in [0, 0.05) is 30.1 Å². The summed E-state index contributed by atoms with van der Waals surface area (Å²) in [7, 11) is -3.83. The van der Waals surface area contributed by atoms with E-state index < -0.39 is 22.6 Å². The Morgan fingerprint density at radius 2 is 1.64 bits per heavy atom. The van der Waals surface area contributed by atoms with E-state index in [1.54, 1.807) is 11.8 Å². The molecule has 0 amide bonds. The van der Waals surface area contributed by atoms with Crippen LogP contribution in [0.2, 0.25) is 37.8 Å². The standard InChI is InChI=1S/C33H62O6SSi2/c1-12-14-22-33(6,39-41(7,8)9)23-18-20-26-27(38-42(10,11)32(3,4)5)25-28(37-30(36)19-13-2)31(26)40-24-17-15-16-21-29(34)35/h18,20,26-27H,12-17,19,21-25H2,1-11H3,(H,34,35)/t26-,27+,33-/m0/s1. The number of carboxylic acids is 1. The molecule has 1 N–H and O–H groups in total. The Kier molecular flexibility index (Phi) is 16.4. The molecule has 0 aromatic carbocycles. The Morgan fingerprint density at radius 3 is 2.19 bits per heavy atom. The van der Waals surface area contributed by atoms with Gasteiger partial charge in [-0.2, -0.15) is 0 Å². The van der Waals surface area contributed by atoms with Crippen molar-refractivity contribution in [3.8, 4) is 0 Å². The minimum Gasteiger partial charge on any atom is -0.481 e. The zero-order valence-corrected chi connectivity index (χ0v) is 31.5. The van der Waals surface area contributed by atoms with Gasteiger partial charge in [0.05, 0.1) is 11.7 Å². The Morgan fingerprint density at radius 1 is 0.976 bits per heavy atom. The van der Waals surface area contributed by atoms with Crippen LogP contribution in [0.1, 0.15) is 112 Å². The number of hydrogen-bond donors (Lipinski definition) is 1. The number of carbonyl (C=O) groups excluding carboxylic acids is 1. The van der Waals surface area contributed by atoms with Gasteiger partial charge in [-0.25, -0.2) is 0 Å². The van der Waals surface area contributed by atoms with Gasteiger partial charge in [-0.3, -0.25) is 9.59 Å². The van der Waals surface area contributed by atoms with Crippen molar-refractivity contribution in [2.24, 2.45) is 5.92 Å². The van der Waals surface area contributed by atoms with Gasteiger partial charge in [0.2, 0.25) is 0 Å². The minimum absolute atomic E-state index is 0.00915. The molecule has 0 saturated heterocycles. The quantitative estimate of drug-likeness (QED) is 0.0612. The van der Waals surface area contributed by atoms with Gasteiger partial charge in [-0.05, 0) is 82.6 Å². The Balaban J connectivity index is 3.36. The zero-order chi connectivity index (χ0) is 32.2. The first-order valence-electron chi connectivity index (χ1n) is 16.2. The molecule has 0 aromatic heterocycles. The Bertz CT molecular complexity index is 918. The average molecular weight is 643 g/mol. The molecule has 9 heteroatoms. The van der Waals surface area contributed by atoms with Crippen molar-refractivity contribution in [1.29, 1.82) is 0 Å². The van der Waals surface area contributed by atoms with E-state index in [1.807, 2.05) is 6.92 Å². The van der Waals surface area contributed by atoms with Crippen LogP contribution in [0.15, 0.2) is 22.8 Å². The molecule has 0 saturated carbocycles. The summed E-state index contributed by atoms with van der Waals surface area (Å²) in [4.78, 5) is 24.7. The normalized spacial score (nSPS) is 19.9. The maximum Gasteiger partial charge on any atom is 0.310 e. The highest BCUT2D eigenvalue weighted by atomic mass is 32.2. The Hall–Kier alpha value is -0.876. The molecular weight excluding hydrogens is 581 g/mol. The second kappa shape index (κ2) is 17.6. The largest absolute Gasteiger partial charge is 0.481 e. The molecule has 0 fully saturated rings. The Labute approximate surface area is 264 Å². The summed E-state index contributed by atoms with van der Waals surface area (Å²) in [5.41, 5.74) is -0.205. The molecule has 3 atom stereocenters. The van der Waals surface area contributed by atoms with Gasteiger partial charge in [-0.15, -0.1) is 11.8 Å². The number of ether oxygens (including phenoxy) is 1. The SMILES string of the molecule is CCCC[C@@](C)(CC=C[C@@H]1C(SCCCCCC(=O)O)=C(OC(=O)CCC)C[C@H]1O[Si](C)(C)C(C)(C)C)O[Si](C)(C)C. The van der Waals surface area contributed by atoms with Crippen molar-refractivity contribution < 1.29 is 28.3 Å². The van der Waals surface area contributed by atoms with Gasteiger partial charge in [0.25, 0.3) is 0 Å². The molecule has 1 rings (SSSR count). The lowest BCUT2D eigenvalue weighted by molar-refractivity contribution is -0.140. The van der Waals surface area contributed by atoms with Crippen LogP contribution in [0, 0.1) is 5.92 Å². The van der Waals surface area contributed by atoms with E-state index >= 15 is 0 Å². The third-order valence-corrected chi connectivity index (χ3v) is 15.0. The molecule has 0 spiro atoms. The number of aliphatic carboxylic acids is 1. The van der Waals surface area contributed by atoms with Gasteiger partial charge in [-0.1, -0.05) is 66.0 Å². The molecule has 0 unspecified atom stereocenters. The monoisotopic (exact) mass is 642 g/mol. The summed E-state index contributed by atoms with van der Waals surface area (Å²) in [5.74, 6) is 0.697. The highest BCUT2D eigenvalue weighted by Gasteiger charge is 2.44. The molecular formula is C33H62O6SSi2. The lowest BCUT2D eigenvalue weighted by Gasteiger charge is -2.40. The fourth-order valence-corrected chi connectivity index (χ4v) is 9.27. The minimum atomic E-state index is -2.10. The number of unbranched alkanes of at least 4 members (excludes halogenated alkanes) is 3. The van der Waals surface area contributed by atoms with Crippen LogP contribution >= 0.6 is 11.8 Å². The van der Waals surface area contributed by atoms with E-state index in [0.717, 1.165) is 61.4 Å². The molecule has 0 radical (unpaired) electrons. The molecule has 0 aliphatic heterocycles. The van der Waals surface area contributed by atoms with Crippen LogP contribution in [-0.4, -0.2) is 51.1 Å². The fourth-order valence-electron chi connectivity index (χ4n) is 4.99. The van der Waals surface area contributed by atoms with Gasteiger partial charge < -0.3 is 18.7 Å². The fraction of sp³-hybridized carbons (Fsp3) is 0.818. The predicted molar refractivity (Wildman–Crippen MR) is 183 cm³/mol. The molecule has 0 heterocycles. The lowest BCUT2D eigenvalue weighted by Crippen LogP contribution is -2.45. The zero-order valence-electron chi connectivity index (χ0n) is 28.7. The van der Waals surface area contributed by atoms with Gasteiger partial charge in [0.1, 0.15) is 5.76 Å². The first-order valence-corrected chi connectivity index (χ1v) is 23.5. The molecule has 1 aliphatic carbocycles. The first kappa shape index (κ1) is 39.1. The number of thioether (sulfide) groups is 1. The van der Waals surface area contributed by atoms with Crippen LogP contribution < -0.4 is 0 Å². The number of carboxylic acid groups (broad SMARTS) is 1. The maximum absolute atomic E-state index is 12.7. The van der Waals surface area contributed by atoms with Crippen LogP contribution in [-0.2, 0) is 23.2 Å². The molecule has 0 bridgehead atoms. The van der Waals surface area contributed by atoms with Crippen molar-refractivity contribution in [2.75, 3.05) is 5.75 Å². The van der Waals surface area contributed by atoms with Crippen molar-refractivity contribution >= 4 is 40.3 Å². The number of hydrogen-bond acceptors (Lipinski definition) is 6. The van der Waals surface area contributed by atoms with E-state index in [0.29, 0.717) is 19.3 Å². The van der Waals surface area contributed by atoms with Crippen LogP contribution in [0.4, 0.5) is 0 Å². The molecule has 6 nitrogen and oxygen atoms in total. The van der Waals surface area contributed by atoms with E-state index in [2.05, 4.69) is 79.5 Å². The molecule has 1 aliphatic rings.